The molecule has 0 radical (unpaired) electrons. The van der Waals surface area contributed by atoms with Crippen molar-refractivity contribution < 1.29 is 9.47 Å². The molecule has 1 aromatic carbocycles. The maximum absolute atomic E-state index is 5.78. The highest BCUT2D eigenvalue weighted by molar-refractivity contribution is 7.17. The van der Waals surface area contributed by atoms with Crippen LogP contribution in [-0.4, -0.2) is 30.2 Å². The van der Waals surface area contributed by atoms with Crippen molar-refractivity contribution in [3.63, 3.8) is 0 Å². The van der Waals surface area contributed by atoms with Crippen LogP contribution in [0.1, 0.15) is 5.82 Å². The van der Waals surface area contributed by atoms with Gasteiger partial charge in [-0.15, -0.1) is 11.3 Å². The van der Waals surface area contributed by atoms with Gasteiger partial charge >= 0.3 is 0 Å². The summed E-state index contributed by atoms with van der Waals surface area (Å²) in [6, 6.07) is 7.92. The molecule has 3 aromatic rings. The molecule has 0 atom stereocenters. The van der Waals surface area contributed by atoms with Crippen LogP contribution >= 0.6 is 11.3 Å². The predicted octanol–water partition coefficient (Wildman–Crippen LogP) is 3.54. The number of benzene rings is 1. The highest BCUT2D eigenvalue weighted by Crippen LogP contribution is 2.41. The van der Waals surface area contributed by atoms with E-state index in [4.69, 9.17) is 9.47 Å². The van der Waals surface area contributed by atoms with E-state index in [2.05, 4.69) is 20.2 Å². The molecular weight excluding hydrogens is 298 g/mol. The van der Waals surface area contributed by atoms with Gasteiger partial charge in [-0.2, -0.15) is 0 Å². The van der Waals surface area contributed by atoms with Crippen LogP contribution in [0.15, 0.2) is 29.6 Å². The summed E-state index contributed by atoms with van der Waals surface area (Å²) in [5.74, 6) is 3.35. The summed E-state index contributed by atoms with van der Waals surface area (Å²) < 4.78 is 12.2. The van der Waals surface area contributed by atoms with Crippen LogP contribution in [0.4, 0.5) is 11.5 Å². The molecule has 2 aromatic heterocycles. The number of hydrogen-bond donors (Lipinski definition) is 0. The zero-order chi connectivity index (χ0) is 15.1. The first-order valence-corrected chi connectivity index (χ1v) is 7.94. The van der Waals surface area contributed by atoms with Gasteiger partial charge in [0.25, 0.3) is 0 Å². The second-order valence-corrected chi connectivity index (χ2v) is 5.98. The smallest absolute Gasteiger partial charge is 0.155 e. The Labute approximate surface area is 132 Å². The van der Waals surface area contributed by atoms with E-state index in [9.17, 15) is 0 Å². The van der Waals surface area contributed by atoms with Crippen molar-refractivity contribution in [1.82, 2.24) is 9.97 Å². The van der Waals surface area contributed by atoms with Gasteiger partial charge in [0.1, 0.15) is 23.9 Å². The summed E-state index contributed by atoms with van der Waals surface area (Å²) in [5.41, 5.74) is 2.01. The van der Waals surface area contributed by atoms with Crippen LogP contribution in [0.2, 0.25) is 0 Å². The van der Waals surface area contributed by atoms with Gasteiger partial charge in [0.05, 0.1) is 29.6 Å². The first-order chi connectivity index (χ1) is 10.8. The monoisotopic (exact) mass is 313 g/mol. The lowest BCUT2D eigenvalue weighted by atomic mass is 10.2. The number of aromatic nitrogens is 2. The summed E-state index contributed by atoms with van der Waals surface area (Å²) >= 11 is 1.67. The Morgan fingerprint density at radius 2 is 2.18 bits per heavy atom. The fourth-order valence-corrected chi connectivity index (χ4v) is 3.52. The maximum Gasteiger partial charge on any atom is 0.155 e. The van der Waals surface area contributed by atoms with Gasteiger partial charge in [0.2, 0.25) is 0 Å². The molecule has 0 unspecified atom stereocenters. The Kier molecular flexibility index (Phi) is 3.11. The highest BCUT2D eigenvalue weighted by Gasteiger charge is 2.23. The molecule has 1 aliphatic rings. The molecule has 1 aliphatic heterocycles. The fourth-order valence-electron chi connectivity index (χ4n) is 2.69. The topological polar surface area (TPSA) is 47.5 Å². The first-order valence-electron chi connectivity index (χ1n) is 7.06. The Hall–Kier alpha value is -2.34. The zero-order valence-corrected chi connectivity index (χ0v) is 13.2. The molecule has 6 heteroatoms. The van der Waals surface area contributed by atoms with Crippen molar-refractivity contribution in [2.45, 2.75) is 6.92 Å². The average molecular weight is 313 g/mol. The van der Waals surface area contributed by atoms with Gasteiger partial charge in [-0.1, -0.05) is 0 Å². The third-order valence-electron chi connectivity index (χ3n) is 3.68. The second-order valence-electron chi connectivity index (χ2n) is 5.06. The van der Waals surface area contributed by atoms with Crippen molar-refractivity contribution in [2.75, 3.05) is 25.2 Å². The van der Waals surface area contributed by atoms with Gasteiger partial charge in [-0.05, 0) is 30.5 Å². The Morgan fingerprint density at radius 1 is 1.27 bits per heavy atom. The number of hydrogen-bond acceptors (Lipinski definition) is 6. The van der Waals surface area contributed by atoms with Crippen molar-refractivity contribution in [3.8, 4) is 11.5 Å². The number of rotatable bonds is 2. The van der Waals surface area contributed by atoms with Crippen molar-refractivity contribution in [3.05, 3.63) is 35.5 Å². The van der Waals surface area contributed by atoms with E-state index >= 15 is 0 Å². The molecule has 4 rings (SSSR count). The number of anilines is 2. The number of ether oxygens (including phenoxy) is 2. The van der Waals surface area contributed by atoms with E-state index in [1.807, 2.05) is 31.2 Å². The number of fused-ring (bicyclic) bond motifs is 2. The van der Waals surface area contributed by atoms with Gasteiger partial charge < -0.3 is 14.4 Å². The normalized spacial score (nSPS) is 13.8. The second kappa shape index (κ2) is 5.14. The fraction of sp³-hybridized carbons (Fsp3) is 0.250. The van der Waals surface area contributed by atoms with E-state index in [0.29, 0.717) is 6.61 Å². The molecule has 0 amide bonds. The Balaban J connectivity index is 1.88. The van der Waals surface area contributed by atoms with E-state index in [0.717, 1.165) is 45.6 Å². The van der Waals surface area contributed by atoms with E-state index in [1.54, 1.807) is 18.4 Å². The summed E-state index contributed by atoms with van der Waals surface area (Å²) in [6.45, 7) is 3.31. The van der Waals surface area contributed by atoms with E-state index in [-0.39, 0.29) is 0 Å². The summed E-state index contributed by atoms with van der Waals surface area (Å²) in [6.07, 6.45) is 0. The lowest BCUT2D eigenvalue weighted by Crippen LogP contribution is -2.29. The van der Waals surface area contributed by atoms with E-state index < -0.39 is 0 Å². The van der Waals surface area contributed by atoms with Crippen LogP contribution in [0.25, 0.3) is 10.2 Å². The molecule has 112 valence electrons. The van der Waals surface area contributed by atoms with E-state index in [1.165, 1.54) is 0 Å². The van der Waals surface area contributed by atoms with Crippen LogP contribution < -0.4 is 14.4 Å². The molecule has 22 heavy (non-hydrogen) atoms. The molecular formula is C16H15N3O2S. The van der Waals surface area contributed by atoms with Crippen LogP contribution in [0.5, 0.6) is 11.5 Å². The molecule has 0 spiro atoms. The molecule has 5 nitrogen and oxygen atoms in total. The SMILES string of the molecule is COc1ccc2c(c1)OCCN2c1nc(C)nc2ccsc12. The van der Waals surface area contributed by atoms with Gasteiger partial charge in [-0.25, -0.2) is 9.97 Å². The lowest BCUT2D eigenvalue weighted by Gasteiger charge is -2.31. The van der Waals surface area contributed by atoms with Crippen LogP contribution in [0, 0.1) is 6.92 Å². The minimum atomic E-state index is 0.621. The maximum atomic E-state index is 5.78. The Bertz CT molecular complexity index is 847. The average Bonchev–Trinajstić information content (AvgIpc) is 3.01. The molecule has 0 aliphatic carbocycles. The van der Waals surface area contributed by atoms with Crippen LogP contribution in [0.3, 0.4) is 0 Å². The standard InChI is InChI=1S/C16H15N3O2S/c1-10-17-12-5-8-22-15(12)16(18-10)19-6-7-21-14-9-11(20-2)3-4-13(14)19/h3-5,8-9H,6-7H2,1-2H3. The first kappa shape index (κ1) is 13.3. The molecule has 0 N–H and O–H groups in total. The van der Waals surface area contributed by atoms with Crippen molar-refractivity contribution >= 4 is 33.1 Å². The summed E-state index contributed by atoms with van der Waals surface area (Å²) in [7, 11) is 1.66. The molecule has 0 saturated heterocycles. The minimum absolute atomic E-state index is 0.621. The number of thiophene rings is 1. The van der Waals surface area contributed by atoms with Gasteiger partial charge in [-0.3, -0.25) is 0 Å². The van der Waals surface area contributed by atoms with Crippen molar-refractivity contribution in [1.29, 1.82) is 0 Å². The number of methoxy groups -OCH3 is 1. The summed E-state index contributed by atoms with van der Waals surface area (Å²) in [5, 5.41) is 2.05. The summed E-state index contributed by atoms with van der Waals surface area (Å²) in [4.78, 5) is 11.4. The third-order valence-corrected chi connectivity index (χ3v) is 4.58. The molecule has 3 heterocycles. The molecule has 0 fully saturated rings. The van der Waals surface area contributed by atoms with Crippen molar-refractivity contribution in [2.24, 2.45) is 0 Å². The molecule has 0 saturated carbocycles. The lowest BCUT2D eigenvalue weighted by molar-refractivity contribution is 0.311. The largest absolute Gasteiger partial charge is 0.497 e. The quantitative estimate of drug-likeness (QED) is 0.724. The Morgan fingerprint density at radius 3 is 3.05 bits per heavy atom. The highest BCUT2D eigenvalue weighted by atomic mass is 32.1. The predicted molar refractivity (Wildman–Crippen MR) is 87.6 cm³/mol. The minimum Gasteiger partial charge on any atom is -0.497 e. The third kappa shape index (κ3) is 2.07. The van der Waals surface area contributed by atoms with Gasteiger partial charge in [0.15, 0.2) is 5.82 Å². The molecule has 0 bridgehead atoms. The number of nitrogens with zero attached hydrogens (tertiary/aromatic N) is 3. The van der Waals surface area contributed by atoms with Gasteiger partial charge in [0, 0.05) is 6.07 Å². The zero-order valence-electron chi connectivity index (χ0n) is 12.4. The number of aryl methyl sites for hydroxylation is 1. The van der Waals surface area contributed by atoms with Crippen LogP contribution in [-0.2, 0) is 0 Å².